The number of rotatable bonds is 5. The predicted molar refractivity (Wildman–Crippen MR) is 80.2 cm³/mol. The van der Waals surface area contributed by atoms with Gasteiger partial charge in [0.1, 0.15) is 5.75 Å². The van der Waals surface area contributed by atoms with Crippen LogP contribution in [0.1, 0.15) is 31.9 Å². The maximum absolute atomic E-state index is 11.4. The number of amides is 2. The lowest BCUT2D eigenvalue weighted by Gasteiger charge is -2.28. The van der Waals surface area contributed by atoms with Crippen molar-refractivity contribution in [3.8, 4) is 5.75 Å². The van der Waals surface area contributed by atoms with E-state index in [1.807, 2.05) is 19.1 Å². The van der Waals surface area contributed by atoms with Gasteiger partial charge in [0.15, 0.2) is 0 Å². The minimum absolute atomic E-state index is 0.0466. The molecule has 1 atom stereocenters. The van der Waals surface area contributed by atoms with Gasteiger partial charge >= 0.3 is 0 Å². The summed E-state index contributed by atoms with van der Waals surface area (Å²) in [6.45, 7) is 5.19. The lowest BCUT2D eigenvalue weighted by molar-refractivity contribution is -0.130. The first-order valence-electron chi connectivity index (χ1n) is 7.15. The summed E-state index contributed by atoms with van der Waals surface area (Å²) in [6.07, 6.45) is 1.02. The molecule has 3 N–H and O–H groups in total. The molecule has 6 heteroatoms. The van der Waals surface area contributed by atoms with Crippen molar-refractivity contribution < 1.29 is 14.7 Å². The number of anilines is 1. The molecule has 2 amide bonds. The molecule has 0 aromatic heterocycles. The SMILES string of the molecule is CCCNC(C)c1ccc(N2CC(=O)NC(=O)C2)cc1O. The topological polar surface area (TPSA) is 81.7 Å². The third-order valence-corrected chi connectivity index (χ3v) is 3.49. The van der Waals surface area contributed by atoms with E-state index in [0.717, 1.165) is 18.5 Å². The zero-order chi connectivity index (χ0) is 15.4. The van der Waals surface area contributed by atoms with Gasteiger partial charge in [-0.15, -0.1) is 0 Å². The highest BCUT2D eigenvalue weighted by atomic mass is 16.3. The minimum Gasteiger partial charge on any atom is -0.508 e. The normalized spacial score (nSPS) is 16.8. The average Bonchev–Trinajstić information content (AvgIpc) is 2.43. The highest BCUT2D eigenvalue weighted by Crippen LogP contribution is 2.29. The average molecular weight is 291 g/mol. The fraction of sp³-hybridized carbons (Fsp3) is 0.467. The van der Waals surface area contributed by atoms with Gasteiger partial charge < -0.3 is 15.3 Å². The molecule has 1 aromatic rings. The minimum atomic E-state index is -0.326. The molecule has 0 saturated carbocycles. The molecule has 6 nitrogen and oxygen atoms in total. The predicted octanol–water partition coefficient (Wildman–Crippen LogP) is 0.916. The smallest absolute Gasteiger partial charge is 0.246 e. The lowest BCUT2D eigenvalue weighted by Crippen LogP contribution is -2.51. The molecule has 1 aliphatic heterocycles. The van der Waals surface area contributed by atoms with Gasteiger partial charge in [0.2, 0.25) is 11.8 Å². The van der Waals surface area contributed by atoms with Crippen LogP contribution in [0.5, 0.6) is 5.75 Å². The van der Waals surface area contributed by atoms with Crippen LogP contribution in [0.25, 0.3) is 0 Å². The molecular weight excluding hydrogens is 270 g/mol. The summed E-state index contributed by atoms with van der Waals surface area (Å²) in [7, 11) is 0. The second kappa shape index (κ2) is 6.58. The highest BCUT2D eigenvalue weighted by molar-refractivity contribution is 6.02. The van der Waals surface area contributed by atoms with E-state index in [1.165, 1.54) is 0 Å². The number of imide groups is 1. The first kappa shape index (κ1) is 15.3. The summed E-state index contributed by atoms with van der Waals surface area (Å²) in [6, 6.07) is 5.30. The molecule has 21 heavy (non-hydrogen) atoms. The van der Waals surface area contributed by atoms with Crippen LogP contribution in [0.3, 0.4) is 0 Å². The summed E-state index contributed by atoms with van der Waals surface area (Å²) < 4.78 is 0. The molecule has 0 bridgehead atoms. The van der Waals surface area contributed by atoms with Crippen LogP contribution in [0, 0.1) is 0 Å². The summed E-state index contributed by atoms with van der Waals surface area (Å²) in [5, 5.41) is 15.7. The van der Waals surface area contributed by atoms with Crippen LogP contribution in [0.2, 0.25) is 0 Å². The van der Waals surface area contributed by atoms with Crippen molar-refractivity contribution in [3.63, 3.8) is 0 Å². The molecule has 1 heterocycles. The van der Waals surface area contributed by atoms with E-state index in [2.05, 4.69) is 17.6 Å². The maximum atomic E-state index is 11.4. The summed E-state index contributed by atoms with van der Waals surface area (Å²) >= 11 is 0. The number of nitrogens with zero attached hydrogens (tertiary/aromatic N) is 1. The van der Waals surface area contributed by atoms with Gasteiger partial charge in [0, 0.05) is 23.4 Å². The molecule has 1 aliphatic rings. The molecule has 1 saturated heterocycles. The molecular formula is C15H21N3O3. The van der Waals surface area contributed by atoms with E-state index < -0.39 is 0 Å². The zero-order valence-electron chi connectivity index (χ0n) is 12.3. The monoisotopic (exact) mass is 291 g/mol. The van der Waals surface area contributed by atoms with Crippen molar-refractivity contribution in [1.82, 2.24) is 10.6 Å². The van der Waals surface area contributed by atoms with E-state index in [4.69, 9.17) is 0 Å². The largest absolute Gasteiger partial charge is 0.508 e. The number of carbonyl (C=O) groups excluding carboxylic acids is 2. The molecule has 0 spiro atoms. The van der Waals surface area contributed by atoms with Crippen molar-refractivity contribution in [1.29, 1.82) is 0 Å². The van der Waals surface area contributed by atoms with E-state index in [0.29, 0.717) is 5.69 Å². The first-order chi connectivity index (χ1) is 10.0. The van der Waals surface area contributed by atoms with Crippen molar-refractivity contribution in [2.75, 3.05) is 24.5 Å². The van der Waals surface area contributed by atoms with E-state index in [9.17, 15) is 14.7 Å². The van der Waals surface area contributed by atoms with Crippen LogP contribution >= 0.6 is 0 Å². The Hall–Kier alpha value is -2.08. The summed E-state index contributed by atoms with van der Waals surface area (Å²) in [5.41, 5.74) is 1.47. The summed E-state index contributed by atoms with van der Waals surface area (Å²) in [5.74, 6) is -0.484. The number of aromatic hydroxyl groups is 1. The Morgan fingerprint density at radius 2 is 2.00 bits per heavy atom. The molecule has 114 valence electrons. The molecule has 2 rings (SSSR count). The summed E-state index contributed by atoms with van der Waals surface area (Å²) in [4.78, 5) is 24.4. The molecule has 1 aromatic carbocycles. The molecule has 0 aliphatic carbocycles. The van der Waals surface area contributed by atoms with Gasteiger partial charge in [-0.2, -0.15) is 0 Å². The van der Waals surface area contributed by atoms with Crippen molar-refractivity contribution in [2.24, 2.45) is 0 Å². The third kappa shape index (κ3) is 3.72. The number of phenols is 1. The fourth-order valence-electron chi connectivity index (χ4n) is 2.39. The number of hydrogen-bond donors (Lipinski definition) is 3. The highest BCUT2D eigenvalue weighted by Gasteiger charge is 2.23. The van der Waals surface area contributed by atoms with Gasteiger partial charge in [-0.05, 0) is 26.0 Å². The standard InChI is InChI=1S/C15H21N3O3/c1-3-6-16-10(2)12-5-4-11(7-13(12)19)18-8-14(20)17-15(21)9-18/h4-5,7,10,16,19H,3,6,8-9H2,1-2H3,(H,17,20,21). The second-order valence-electron chi connectivity index (χ2n) is 5.25. The van der Waals surface area contributed by atoms with Gasteiger partial charge in [-0.25, -0.2) is 0 Å². The molecule has 0 radical (unpaired) electrons. The van der Waals surface area contributed by atoms with E-state index in [-0.39, 0.29) is 36.7 Å². The Morgan fingerprint density at radius 3 is 2.57 bits per heavy atom. The number of nitrogens with one attached hydrogen (secondary N) is 2. The Kier molecular flexibility index (Phi) is 4.80. The van der Waals surface area contributed by atoms with E-state index in [1.54, 1.807) is 11.0 Å². The quantitative estimate of drug-likeness (QED) is 0.703. The second-order valence-corrected chi connectivity index (χ2v) is 5.25. The number of phenolic OH excluding ortho intramolecular Hbond substituents is 1. The number of benzene rings is 1. The Labute approximate surface area is 124 Å². The Morgan fingerprint density at radius 1 is 1.33 bits per heavy atom. The fourth-order valence-corrected chi connectivity index (χ4v) is 2.39. The lowest BCUT2D eigenvalue weighted by atomic mass is 10.1. The molecule has 1 fully saturated rings. The van der Waals surface area contributed by atoms with Gasteiger partial charge in [-0.1, -0.05) is 13.0 Å². The van der Waals surface area contributed by atoms with E-state index >= 15 is 0 Å². The van der Waals surface area contributed by atoms with Crippen molar-refractivity contribution in [2.45, 2.75) is 26.3 Å². The third-order valence-electron chi connectivity index (χ3n) is 3.49. The number of hydrogen-bond acceptors (Lipinski definition) is 5. The Bertz CT molecular complexity index is 529. The van der Waals surface area contributed by atoms with Gasteiger partial charge in [0.25, 0.3) is 0 Å². The van der Waals surface area contributed by atoms with Gasteiger partial charge in [-0.3, -0.25) is 14.9 Å². The number of carbonyl (C=O) groups is 2. The van der Waals surface area contributed by atoms with Crippen LogP contribution < -0.4 is 15.5 Å². The number of piperazine rings is 1. The first-order valence-corrected chi connectivity index (χ1v) is 7.15. The van der Waals surface area contributed by atoms with Gasteiger partial charge in [0.05, 0.1) is 13.1 Å². The maximum Gasteiger partial charge on any atom is 0.246 e. The molecule has 1 unspecified atom stereocenters. The van der Waals surface area contributed by atoms with Crippen LogP contribution in [0.4, 0.5) is 5.69 Å². The van der Waals surface area contributed by atoms with Crippen molar-refractivity contribution in [3.05, 3.63) is 23.8 Å². The van der Waals surface area contributed by atoms with Crippen molar-refractivity contribution >= 4 is 17.5 Å². The van der Waals surface area contributed by atoms with Crippen LogP contribution in [-0.2, 0) is 9.59 Å². The van der Waals surface area contributed by atoms with Crippen LogP contribution in [0.15, 0.2) is 18.2 Å². The Balaban J connectivity index is 2.14. The zero-order valence-corrected chi connectivity index (χ0v) is 12.3. The van der Waals surface area contributed by atoms with Crippen LogP contribution in [-0.4, -0.2) is 36.6 Å².